The molecule has 2 aliphatic rings. The lowest BCUT2D eigenvalue weighted by atomic mass is 9.88. The highest BCUT2D eigenvalue weighted by molar-refractivity contribution is 5.21. The number of rotatable bonds is 5. The Bertz CT molecular complexity index is 713. The molecule has 140 valence electrons. The molecule has 2 aliphatic heterocycles. The fourth-order valence-electron chi connectivity index (χ4n) is 4.61. The van der Waals surface area contributed by atoms with Gasteiger partial charge in [0.1, 0.15) is 5.76 Å². The molecule has 0 radical (unpaired) electrons. The van der Waals surface area contributed by atoms with Gasteiger partial charge < -0.3 is 9.26 Å². The van der Waals surface area contributed by atoms with Gasteiger partial charge in [-0.05, 0) is 38.0 Å². The molecule has 4 heterocycles. The van der Waals surface area contributed by atoms with E-state index in [0.29, 0.717) is 18.1 Å². The van der Waals surface area contributed by atoms with Crippen LogP contribution in [0.3, 0.4) is 0 Å². The predicted octanol–water partition coefficient (Wildman–Crippen LogP) is 2.41. The molecule has 6 nitrogen and oxygen atoms in total. The highest BCUT2D eigenvalue weighted by atomic mass is 16.5. The summed E-state index contributed by atoms with van der Waals surface area (Å²) in [6.07, 6.45) is 5.19. The molecule has 2 saturated heterocycles. The molecule has 0 N–H and O–H groups in total. The van der Waals surface area contributed by atoms with Crippen LogP contribution in [0.4, 0.5) is 0 Å². The number of hydrogen-bond acceptors (Lipinski definition) is 6. The number of piperidine rings is 1. The first-order chi connectivity index (χ1) is 12.7. The first kappa shape index (κ1) is 17.6. The monoisotopic (exact) mass is 356 g/mol. The van der Waals surface area contributed by atoms with Crippen LogP contribution in [0.2, 0.25) is 0 Å². The van der Waals surface area contributed by atoms with Crippen LogP contribution in [0, 0.1) is 19.8 Å². The van der Waals surface area contributed by atoms with Gasteiger partial charge in [0.2, 0.25) is 0 Å². The number of aryl methyl sites for hydroxylation is 2. The van der Waals surface area contributed by atoms with Crippen LogP contribution in [0.5, 0.6) is 0 Å². The van der Waals surface area contributed by atoms with Gasteiger partial charge in [0.25, 0.3) is 0 Å². The zero-order valence-electron chi connectivity index (χ0n) is 15.9. The number of likely N-dealkylation sites (tertiary alicyclic amines) is 2. The number of methoxy groups -OCH3 is 1. The van der Waals surface area contributed by atoms with E-state index in [0.717, 1.165) is 50.6 Å². The van der Waals surface area contributed by atoms with E-state index >= 15 is 0 Å². The van der Waals surface area contributed by atoms with Crippen LogP contribution < -0.4 is 0 Å². The maximum absolute atomic E-state index is 5.84. The van der Waals surface area contributed by atoms with Crippen molar-refractivity contribution in [3.63, 3.8) is 0 Å². The minimum absolute atomic E-state index is 0.350. The molecule has 0 saturated carbocycles. The zero-order chi connectivity index (χ0) is 18.1. The summed E-state index contributed by atoms with van der Waals surface area (Å²) < 4.78 is 11.2. The summed E-state index contributed by atoms with van der Waals surface area (Å²) in [5.74, 6) is 1.50. The van der Waals surface area contributed by atoms with Crippen LogP contribution in [-0.2, 0) is 17.8 Å². The van der Waals surface area contributed by atoms with Gasteiger partial charge in [-0.15, -0.1) is 0 Å². The highest BCUT2D eigenvalue weighted by Gasteiger charge is 2.44. The third-order valence-electron chi connectivity index (χ3n) is 6.06. The van der Waals surface area contributed by atoms with Gasteiger partial charge >= 0.3 is 0 Å². The summed E-state index contributed by atoms with van der Waals surface area (Å²) in [6, 6.07) is 4.73. The molecule has 4 rings (SSSR count). The predicted molar refractivity (Wildman–Crippen MR) is 98.6 cm³/mol. The third-order valence-corrected chi connectivity index (χ3v) is 6.06. The molecular weight excluding hydrogens is 328 g/mol. The van der Waals surface area contributed by atoms with Crippen molar-refractivity contribution >= 4 is 0 Å². The number of aromatic nitrogens is 2. The van der Waals surface area contributed by atoms with E-state index < -0.39 is 0 Å². The Morgan fingerprint density at radius 1 is 1.19 bits per heavy atom. The maximum atomic E-state index is 5.84. The van der Waals surface area contributed by atoms with E-state index in [1.807, 2.05) is 33.4 Å². The number of pyridine rings is 1. The van der Waals surface area contributed by atoms with Crippen molar-refractivity contribution in [2.24, 2.45) is 5.92 Å². The summed E-state index contributed by atoms with van der Waals surface area (Å²) in [7, 11) is 1.86. The smallest absolute Gasteiger partial charge is 0.138 e. The van der Waals surface area contributed by atoms with Crippen molar-refractivity contribution in [1.29, 1.82) is 0 Å². The lowest BCUT2D eigenvalue weighted by Gasteiger charge is -2.41. The van der Waals surface area contributed by atoms with Crippen molar-refractivity contribution in [2.45, 2.75) is 45.5 Å². The molecule has 6 heteroatoms. The first-order valence-corrected chi connectivity index (χ1v) is 9.45. The molecule has 0 aliphatic carbocycles. The van der Waals surface area contributed by atoms with E-state index in [1.54, 1.807) is 0 Å². The van der Waals surface area contributed by atoms with Gasteiger partial charge in [-0.1, -0.05) is 5.16 Å². The summed E-state index contributed by atoms with van der Waals surface area (Å²) >= 11 is 0. The van der Waals surface area contributed by atoms with Crippen LogP contribution in [0.25, 0.3) is 0 Å². The van der Waals surface area contributed by atoms with Crippen LogP contribution in [-0.4, -0.2) is 58.8 Å². The number of hydrogen-bond donors (Lipinski definition) is 0. The van der Waals surface area contributed by atoms with Gasteiger partial charge in [0, 0.05) is 69.8 Å². The largest absolute Gasteiger partial charge is 0.381 e. The average molecular weight is 356 g/mol. The van der Waals surface area contributed by atoms with Crippen molar-refractivity contribution in [2.75, 3.05) is 26.7 Å². The molecule has 2 fully saturated rings. The Labute approximate surface area is 155 Å². The lowest BCUT2D eigenvalue weighted by molar-refractivity contribution is -0.0246. The average Bonchev–Trinajstić information content (AvgIpc) is 3.21. The molecule has 2 aromatic rings. The summed E-state index contributed by atoms with van der Waals surface area (Å²) in [5, 5.41) is 4.13. The fourth-order valence-corrected chi connectivity index (χ4v) is 4.61. The Morgan fingerprint density at radius 2 is 2.00 bits per heavy atom. The SMILES string of the molecule is CO[C@H]1CCN(Cc2c(C)noc2C)[C@@H]2CN(Cc3ccncc3)C[C@H]12. The lowest BCUT2D eigenvalue weighted by Crippen LogP contribution is -2.50. The summed E-state index contributed by atoms with van der Waals surface area (Å²) in [6.45, 7) is 9.17. The topological polar surface area (TPSA) is 54.6 Å². The Kier molecular flexibility index (Phi) is 5.07. The zero-order valence-corrected chi connectivity index (χ0v) is 15.9. The second-order valence-electron chi connectivity index (χ2n) is 7.62. The second kappa shape index (κ2) is 7.47. The molecule has 0 amide bonds. The van der Waals surface area contributed by atoms with Gasteiger partial charge in [0.05, 0.1) is 11.8 Å². The number of nitrogens with zero attached hydrogens (tertiary/aromatic N) is 4. The molecule has 0 spiro atoms. The molecule has 0 unspecified atom stereocenters. The Hall–Kier alpha value is -1.76. The molecule has 0 bridgehead atoms. The minimum atomic E-state index is 0.350. The van der Waals surface area contributed by atoms with Crippen LogP contribution in [0.15, 0.2) is 29.0 Å². The van der Waals surface area contributed by atoms with Crippen molar-refractivity contribution in [3.8, 4) is 0 Å². The van der Waals surface area contributed by atoms with Gasteiger partial charge in [-0.3, -0.25) is 14.8 Å². The quantitative estimate of drug-likeness (QED) is 0.820. The summed E-state index contributed by atoms with van der Waals surface area (Å²) in [5.41, 5.74) is 3.58. The van der Waals surface area contributed by atoms with Crippen LogP contribution >= 0.6 is 0 Å². The van der Waals surface area contributed by atoms with Gasteiger partial charge in [0.15, 0.2) is 0 Å². The second-order valence-corrected chi connectivity index (χ2v) is 7.62. The van der Waals surface area contributed by atoms with E-state index in [1.165, 1.54) is 11.1 Å². The van der Waals surface area contributed by atoms with Gasteiger partial charge in [-0.25, -0.2) is 0 Å². The molecule has 26 heavy (non-hydrogen) atoms. The fraction of sp³-hybridized carbons (Fsp3) is 0.600. The Balaban J connectivity index is 1.50. The molecular formula is C20H28N4O2. The van der Waals surface area contributed by atoms with E-state index in [4.69, 9.17) is 9.26 Å². The number of ether oxygens (including phenoxy) is 1. The van der Waals surface area contributed by atoms with E-state index in [-0.39, 0.29) is 0 Å². The first-order valence-electron chi connectivity index (χ1n) is 9.45. The standard InChI is InChI=1S/C20H28N4O2/c1-14-17(15(2)26-22-14)12-24-9-6-20(25-3)18-11-23(13-19(18)24)10-16-4-7-21-8-5-16/h4-5,7-8,18-20H,6,9-13H2,1-3H3/t18-,19+,20-/m0/s1. The van der Waals surface area contributed by atoms with Crippen molar-refractivity contribution < 1.29 is 9.26 Å². The van der Waals surface area contributed by atoms with Gasteiger partial charge in [-0.2, -0.15) is 0 Å². The maximum Gasteiger partial charge on any atom is 0.138 e. The molecule has 0 aromatic carbocycles. The normalized spacial score (nSPS) is 27.0. The highest BCUT2D eigenvalue weighted by Crippen LogP contribution is 2.34. The Morgan fingerprint density at radius 3 is 2.69 bits per heavy atom. The molecule has 3 atom stereocenters. The third kappa shape index (κ3) is 3.41. The van der Waals surface area contributed by atoms with E-state index in [2.05, 4.69) is 32.1 Å². The summed E-state index contributed by atoms with van der Waals surface area (Å²) in [4.78, 5) is 9.29. The van der Waals surface area contributed by atoms with Crippen molar-refractivity contribution in [3.05, 3.63) is 47.1 Å². The van der Waals surface area contributed by atoms with Crippen LogP contribution in [0.1, 0.15) is 29.0 Å². The van der Waals surface area contributed by atoms with E-state index in [9.17, 15) is 0 Å². The van der Waals surface area contributed by atoms with Crippen molar-refractivity contribution in [1.82, 2.24) is 19.9 Å². The molecule has 2 aromatic heterocycles. The number of fused-ring (bicyclic) bond motifs is 1. The minimum Gasteiger partial charge on any atom is -0.381 e.